The van der Waals surface area contributed by atoms with E-state index in [2.05, 4.69) is 5.10 Å². The Morgan fingerprint density at radius 2 is 2.11 bits per heavy atom. The number of amides is 2. The predicted octanol–water partition coefficient (Wildman–Crippen LogP) is 2.86. The van der Waals surface area contributed by atoms with Crippen molar-refractivity contribution in [2.45, 2.75) is 51.0 Å². The van der Waals surface area contributed by atoms with E-state index in [4.69, 9.17) is 10.5 Å². The first-order valence-electron chi connectivity index (χ1n) is 9.19. The predicted molar refractivity (Wildman–Crippen MR) is 98.9 cm³/mol. The van der Waals surface area contributed by atoms with Gasteiger partial charge in [-0.3, -0.25) is 14.4 Å². The zero-order valence-corrected chi connectivity index (χ0v) is 15.3. The Hall–Kier alpha value is -3.10. The summed E-state index contributed by atoms with van der Waals surface area (Å²) in [5.41, 5.74) is 7.27. The largest absolute Gasteiger partial charge is 0.465 e. The van der Waals surface area contributed by atoms with Gasteiger partial charge >= 0.3 is 12.5 Å². The Morgan fingerprint density at radius 1 is 1.36 bits per heavy atom. The number of carbonyl (C=O) groups is 2. The summed E-state index contributed by atoms with van der Waals surface area (Å²) < 4.78 is 21.3. The first-order chi connectivity index (χ1) is 13.4. The highest BCUT2D eigenvalue weighted by Crippen LogP contribution is 2.44. The summed E-state index contributed by atoms with van der Waals surface area (Å²) in [6, 6.07) is 3.51. The minimum Gasteiger partial charge on any atom is -0.465 e. The van der Waals surface area contributed by atoms with Crippen molar-refractivity contribution < 1.29 is 23.8 Å². The molecule has 9 heteroatoms. The number of anilines is 1. The smallest absolute Gasteiger partial charge is 0.412 e. The molecule has 2 heterocycles. The van der Waals surface area contributed by atoms with E-state index in [0.29, 0.717) is 41.3 Å². The maximum Gasteiger partial charge on any atom is 0.412 e. The van der Waals surface area contributed by atoms with E-state index in [0.717, 1.165) is 12.8 Å². The average Bonchev–Trinajstić information content (AvgIpc) is 3.38. The standard InChI is InChI=1S/C19H21FN4O4/c1-10-2-5-14-15(24(10)19(26)27)7-6-13(16(14)28-17(20)18(21)25)11-8-22-23(9-11)12-3-4-12/h6-10,12,17H,2-5H2,1H3,(H2,21,25)(H,26,27)/t10-,17?/m0/s1. The van der Waals surface area contributed by atoms with Gasteiger partial charge in [-0.2, -0.15) is 9.49 Å². The average molecular weight is 388 g/mol. The van der Waals surface area contributed by atoms with Crippen LogP contribution in [0.15, 0.2) is 24.5 Å². The number of fused-ring (bicyclic) bond motifs is 1. The summed E-state index contributed by atoms with van der Waals surface area (Å²) in [4.78, 5) is 24.2. The van der Waals surface area contributed by atoms with Gasteiger partial charge in [-0.05, 0) is 44.7 Å². The highest BCUT2D eigenvalue weighted by Gasteiger charge is 2.33. The lowest BCUT2D eigenvalue weighted by Gasteiger charge is -2.34. The maximum absolute atomic E-state index is 14.1. The van der Waals surface area contributed by atoms with Gasteiger partial charge in [-0.1, -0.05) is 0 Å². The van der Waals surface area contributed by atoms with Gasteiger partial charge in [0.15, 0.2) is 0 Å². The van der Waals surface area contributed by atoms with Crippen LogP contribution in [0.5, 0.6) is 5.75 Å². The fourth-order valence-corrected chi connectivity index (χ4v) is 3.64. The van der Waals surface area contributed by atoms with Gasteiger partial charge < -0.3 is 15.6 Å². The summed E-state index contributed by atoms with van der Waals surface area (Å²) in [5.74, 6) is -1.10. The molecule has 1 aliphatic heterocycles. The first kappa shape index (κ1) is 18.3. The number of nitrogens with two attached hydrogens (primary N) is 1. The molecule has 1 unspecified atom stereocenters. The minimum atomic E-state index is -2.33. The molecule has 2 aliphatic rings. The van der Waals surface area contributed by atoms with Crippen molar-refractivity contribution in [3.05, 3.63) is 30.1 Å². The Morgan fingerprint density at radius 3 is 2.75 bits per heavy atom. The second kappa shape index (κ2) is 6.81. The Labute approximate surface area is 160 Å². The van der Waals surface area contributed by atoms with E-state index >= 15 is 0 Å². The molecule has 0 spiro atoms. The molecule has 1 saturated carbocycles. The topological polar surface area (TPSA) is 111 Å². The summed E-state index contributed by atoms with van der Waals surface area (Å²) in [6.07, 6.45) is 3.25. The maximum atomic E-state index is 14.1. The molecule has 2 amide bonds. The molecule has 1 fully saturated rings. The summed E-state index contributed by atoms with van der Waals surface area (Å²) in [7, 11) is 0. The molecule has 1 aromatic heterocycles. The molecule has 2 atom stereocenters. The van der Waals surface area contributed by atoms with Crippen LogP contribution in [0, 0.1) is 0 Å². The fourth-order valence-electron chi connectivity index (χ4n) is 3.64. The number of aromatic nitrogens is 2. The van der Waals surface area contributed by atoms with Crippen LogP contribution in [-0.2, 0) is 11.2 Å². The number of alkyl halides is 1. The molecule has 0 radical (unpaired) electrons. The Kier molecular flexibility index (Phi) is 4.44. The molecule has 1 aromatic carbocycles. The van der Waals surface area contributed by atoms with Gasteiger partial charge in [-0.25, -0.2) is 4.79 Å². The van der Waals surface area contributed by atoms with Gasteiger partial charge in [-0.15, -0.1) is 0 Å². The summed E-state index contributed by atoms with van der Waals surface area (Å²) in [5, 5.41) is 13.9. The third-order valence-electron chi connectivity index (χ3n) is 5.23. The van der Waals surface area contributed by atoms with Crippen molar-refractivity contribution in [3.8, 4) is 16.9 Å². The third kappa shape index (κ3) is 3.17. The van der Waals surface area contributed by atoms with Gasteiger partial charge in [0.1, 0.15) is 5.75 Å². The van der Waals surface area contributed by atoms with Crippen LogP contribution in [0.2, 0.25) is 0 Å². The van der Waals surface area contributed by atoms with Gasteiger partial charge in [0.25, 0.3) is 5.91 Å². The quantitative estimate of drug-likeness (QED) is 0.818. The van der Waals surface area contributed by atoms with Crippen LogP contribution in [0.4, 0.5) is 14.9 Å². The van der Waals surface area contributed by atoms with E-state index in [1.165, 1.54) is 4.90 Å². The van der Waals surface area contributed by atoms with Crippen LogP contribution in [0.3, 0.4) is 0 Å². The summed E-state index contributed by atoms with van der Waals surface area (Å²) >= 11 is 0. The lowest BCUT2D eigenvalue weighted by molar-refractivity contribution is -0.131. The lowest BCUT2D eigenvalue weighted by Crippen LogP contribution is -2.41. The molecular formula is C19H21FN4O4. The number of nitrogens with zero attached hydrogens (tertiary/aromatic N) is 3. The molecular weight excluding hydrogens is 367 g/mol. The van der Waals surface area contributed by atoms with E-state index < -0.39 is 18.4 Å². The van der Waals surface area contributed by atoms with E-state index in [-0.39, 0.29) is 11.8 Å². The normalized spacial score (nSPS) is 19.8. The monoisotopic (exact) mass is 388 g/mol. The molecule has 2 aromatic rings. The highest BCUT2D eigenvalue weighted by molar-refractivity contribution is 5.91. The number of carboxylic acid groups (broad SMARTS) is 1. The van der Waals surface area contributed by atoms with Crippen molar-refractivity contribution in [3.63, 3.8) is 0 Å². The first-order valence-corrected chi connectivity index (χ1v) is 9.19. The van der Waals surface area contributed by atoms with Gasteiger partial charge in [0, 0.05) is 28.9 Å². The lowest BCUT2D eigenvalue weighted by atomic mass is 9.92. The number of rotatable bonds is 5. The number of halogens is 1. The number of carbonyl (C=O) groups excluding carboxylic acids is 1. The van der Waals surface area contributed by atoms with Gasteiger partial charge in [0.2, 0.25) is 0 Å². The molecule has 28 heavy (non-hydrogen) atoms. The van der Waals surface area contributed by atoms with Crippen LogP contribution in [-0.4, -0.2) is 39.3 Å². The van der Waals surface area contributed by atoms with E-state index in [9.17, 15) is 19.1 Å². The number of hydrogen-bond donors (Lipinski definition) is 2. The SMILES string of the molecule is C[C@H]1CCc2c(ccc(-c3cnn(C4CC4)c3)c2OC(F)C(N)=O)N1C(=O)O. The molecule has 0 bridgehead atoms. The Bertz CT molecular complexity index is 940. The van der Waals surface area contributed by atoms with Crippen LogP contribution in [0.1, 0.15) is 37.8 Å². The number of hydrogen-bond acceptors (Lipinski definition) is 4. The van der Waals surface area contributed by atoms with Crippen LogP contribution < -0.4 is 15.4 Å². The highest BCUT2D eigenvalue weighted by atomic mass is 19.1. The number of primary amides is 1. The zero-order chi connectivity index (χ0) is 20.0. The van der Waals surface area contributed by atoms with Crippen molar-refractivity contribution in [1.29, 1.82) is 0 Å². The van der Waals surface area contributed by atoms with Crippen LogP contribution in [0.25, 0.3) is 11.1 Å². The third-order valence-corrected chi connectivity index (χ3v) is 5.23. The fraction of sp³-hybridized carbons (Fsp3) is 0.421. The second-order valence-corrected chi connectivity index (χ2v) is 7.26. The van der Waals surface area contributed by atoms with Gasteiger partial charge in [0.05, 0.1) is 17.9 Å². The second-order valence-electron chi connectivity index (χ2n) is 7.26. The Balaban J connectivity index is 1.83. The molecule has 4 rings (SSSR count). The van der Waals surface area contributed by atoms with Crippen LogP contribution >= 0.6 is 0 Å². The van der Waals surface area contributed by atoms with Crippen molar-refractivity contribution in [2.75, 3.05) is 4.90 Å². The van der Waals surface area contributed by atoms with Crippen molar-refractivity contribution in [1.82, 2.24) is 9.78 Å². The molecule has 1 aliphatic carbocycles. The zero-order valence-electron chi connectivity index (χ0n) is 15.3. The minimum absolute atomic E-state index is 0.136. The number of benzene rings is 1. The van der Waals surface area contributed by atoms with E-state index in [1.54, 1.807) is 18.3 Å². The summed E-state index contributed by atoms with van der Waals surface area (Å²) in [6.45, 7) is 1.81. The van der Waals surface area contributed by atoms with Crippen molar-refractivity contribution in [2.24, 2.45) is 5.73 Å². The molecule has 8 nitrogen and oxygen atoms in total. The van der Waals surface area contributed by atoms with E-state index in [1.807, 2.05) is 17.8 Å². The number of ether oxygens (including phenoxy) is 1. The molecule has 0 saturated heterocycles. The molecule has 148 valence electrons. The molecule has 3 N–H and O–H groups in total. The van der Waals surface area contributed by atoms with Crippen molar-refractivity contribution >= 4 is 17.7 Å².